The van der Waals surface area contributed by atoms with Crippen LogP contribution in [0.2, 0.25) is 0 Å². The van der Waals surface area contributed by atoms with Gasteiger partial charge < -0.3 is 10.6 Å². The monoisotopic (exact) mass is 244 g/mol. The van der Waals surface area contributed by atoms with Crippen LogP contribution in [0, 0.1) is 0 Å². The van der Waals surface area contributed by atoms with Gasteiger partial charge in [0.15, 0.2) is 5.11 Å². The molecule has 16 heavy (non-hydrogen) atoms. The van der Waals surface area contributed by atoms with Crippen LogP contribution >= 0.6 is 12.2 Å². The van der Waals surface area contributed by atoms with Gasteiger partial charge in [-0.05, 0) is 32.0 Å². The summed E-state index contributed by atoms with van der Waals surface area (Å²) in [6, 6.07) is 0.499. The maximum absolute atomic E-state index is 5.22. The van der Waals surface area contributed by atoms with Gasteiger partial charge in [-0.25, -0.2) is 0 Å². The first-order chi connectivity index (χ1) is 7.70. The van der Waals surface area contributed by atoms with Gasteiger partial charge in [0.05, 0.1) is 0 Å². The summed E-state index contributed by atoms with van der Waals surface area (Å²) in [7, 11) is 0. The summed E-state index contributed by atoms with van der Waals surface area (Å²) in [5.74, 6) is 0. The molecule has 0 aromatic heterocycles. The fourth-order valence-corrected chi connectivity index (χ4v) is 1.91. The van der Waals surface area contributed by atoms with Crippen LogP contribution in [0.5, 0.6) is 0 Å². The van der Waals surface area contributed by atoms with Gasteiger partial charge in [0.2, 0.25) is 0 Å². The fourth-order valence-electron chi connectivity index (χ4n) is 1.60. The molecule has 0 fully saturated rings. The van der Waals surface area contributed by atoms with Crippen molar-refractivity contribution < 1.29 is 0 Å². The average molecular weight is 244 g/mol. The van der Waals surface area contributed by atoms with Gasteiger partial charge in [0.1, 0.15) is 0 Å². The molecule has 0 aliphatic heterocycles. The summed E-state index contributed by atoms with van der Waals surface area (Å²) in [6.07, 6.45) is 8.92. The number of hydrogen-bond acceptors (Lipinski definition) is 1. The summed E-state index contributed by atoms with van der Waals surface area (Å²) in [5, 5.41) is 7.39. The summed E-state index contributed by atoms with van der Waals surface area (Å²) < 4.78 is 0. The summed E-state index contributed by atoms with van der Waals surface area (Å²) in [5.41, 5.74) is 0. The van der Waals surface area contributed by atoms with Crippen molar-refractivity contribution in [1.82, 2.24) is 10.6 Å². The van der Waals surface area contributed by atoms with Crippen molar-refractivity contribution in [3.8, 4) is 0 Å². The molecule has 1 unspecified atom stereocenters. The normalized spacial score (nSPS) is 12.2. The maximum Gasteiger partial charge on any atom is 0.166 e. The van der Waals surface area contributed by atoms with Crippen molar-refractivity contribution in [3.63, 3.8) is 0 Å². The van der Waals surface area contributed by atoms with E-state index < -0.39 is 0 Å². The van der Waals surface area contributed by atoms with E-state index in [1.807, 2.05) is 0 Å². The number of unbranched alkanes of at least 4 members (excludes halogenated alkanes) is 4. The molecule has 0 aliphatic carbocycles. The lowest BCUT2D eigenvalue weighted by Gasteiger charge is -2.16. The second kappa shape index (κ2) is 11.2. The smallest absolute Gasteiger partial charge is 0.166 e. The molecule has 2 N–H and O–H groups in total. The molecule has 2 nitrogen and oxygen atoms in total. The van der Waals surface area contributed by atoms with E-state index in [1.165, 1.54) is 44.9 Å². The third-order valence-corrected chi connectivity index (χ3v) is 2.95. The molecule has 3 heteroatoms. The largest absolute Gasteiger partial charge is 0.363 e. The zero-order valence-corrected chi connectivity index (χ0v) is 12.0. The highest BCUT2D eigenvalue weighted by Gasteiger charge is 2.02. The van der Waals surface area contributed by atoms with Crippen molar-refractivity contribution in [2.75, 3.05) is 6.54 Å². The van der Waals surface area contributed by atoms with Crippen molar-refractivity contribution in [1.29, 1.82) is 0 Å². The van der Waals surface area contributed by atoms with Crippen LogP contribution in [0.15, 0.2) is 0 Å². The van der Waals surface area contributed by atoms with Crippen molar-refractivity contribution in [2.45, 2.75) is 71.8 Å². The Morgan fingerprint density at radius 3 is 2.38 bits per heavy atom. The average Bonchev–Trinajstić information content (AvgIpc) is 2.25. The molecule has 0 aliphatic rings. The molecule has 0 saturated heterocycles. The number of thiocarbonyl (C=S) groups is 1. The minimum absolute atomic E-state index is 0.499. The van der Waals surface area contributed by atoms with Crippen LogP contribution in [0.3, 0.4) is 0 Å². The highest BCUT2D eigenvalue weighted by Crippen LogP contribution is 2.04. The predicted molar refractivity (Wildman–Crippen MR) is 76.9 cm³/mol. The van der Waals surface area contributed by atoms with Crippen LogP contribution in [-0.4, -0.2) is 17.7 Å². The number of rotatable bonds is 9. The van der Waals surface area contributed by atoms with Crippen LogP contribution in [0.1, 0.15) is 65.7 Å². The second-order valence-corrected chi connectivity index (χ2v) is 4.91. The van der Waals surface area contributed by atoms with E-state index in [0.29, 0.717) is 6.04 Å². The SMILES string of the molecule is CCCCCCC(C)NC(=S)NCCCC. The summed E-state index contributed by atoms with van der Waals surface area (Å²) in [6.45, 7) is 7.63. The minimum atomic E-state index is 0.499. The molecule has 1 atom stereocenters. The molecular formula is C13H28N2S. The molecule has 0 aromatic rings. The van der Waals surface area contributed by atoms with Gasteiger partial charge in [0, 0.05) is 12.6 Å². The quantitative estimate of drug-likeness (QED) is 0.478. The van der Waals surface area contributed by atoms with E-state index in [4.69, 9.17) is 12.2 Å². The highest BCUT2D eigenvalue weighted by molar-refractivity contribution is 7.80. The lowest BCUT2D eigenvalue weighted by molar-refractivity contribution is 0.539. The number of hydrogen-bond donors (Lipinski definition) is 2. The van der Waals surface area contributed by atoms with Crippen LogP contribution in [0.25, 0.3) is 0 Å². The summed E-state index contributed by atoms with van der Waals surface area (Å²) >= 11 is 5.22. The molecule has 0 radical (unpaired) electrons. The highest BCUT2D eigenvalue weighted by atomic mass is 32.1. The van der Waals surface area contributed by atoms with E-state index in [1.54, 1.807) is 0 Å². The maximum atomic E-state index is 5.22. The Morgan fingerprint density at radius 1 is 1.06 bits per heavy atom. The lowest BCUT2D eigenvalue weighted by atomic mass is 10.1. The topological polar surface area (TPSA) is 24.1 Å². The third kappa shape index (κ3) is 10.2. The Morgan fingerprint density at radius 2 is 1.75 bits per heavy atom. The Bertz CT molecular complexity index is 171. The second-order valence-electron chi connectivity index (χ2n) is 4.50. The first-order valence-electron chi connectivity index (χ1n) is 6.75. The predicted octanol–water partition coefficient (Wildman–Crippen LogP) is 3.61. The third-order valence-electron chi connectivity index (χ3n) is 2.68. The van der Waals surface area contributed by atoms with Gasteiger partial charge >= 0.3 is 0 Å². The Balaban J connectivity index is 3.39. The van der Waals surface area contributed by atoms with Crippen molar-refractivity contribution in [2.24, 2.45) is 0 Å². The molecular weight excluding hydrogens is 216 g/mol. The minimum Gasteiger partial charge on any atom is -0.363 e. The lowest BCUT2D eigenvalue weighted by Crippen LogP contribution is -2.40. The van der Waals surface area contributed by atoms with Gasteiger partial charge in [-0.1, -0.05) is 46.0 Å². The molecule has 0 aromatic carbocycles. The standard InChI is InChI=1S/C13H28N2S/c1-4-6-8-9-10-12(3)15-13(16)14-11-7-5-2/h12H,4-11H2,1-3H3,(H2,14,15,16). The first-order valence-corrected chi connectivity index (χ1v) is 7.15. The molecule has 0 bridgehead atoms. The molecule has 0 rings (SSSR count). The Hall–Kier alpha value is -0.310. The summed E-state index contributed by atoms with van der Waals surface area (Å²) in [4.78, 5) is 0. The Kier molecular flexibility index (Phi) is 11.0. The van der Waals surface area contributed by atoms with Crippen LogP contribution < -0.4 is 10.6 Å². The molecule has 0 spiro atoms. The molecule has 0 saturated carbocycles. The van der Waals surface area contributed by atoms with Gasteiger partial charge in [-0.3, -0.25) is 0 Å². The van der Waals surface area contributed by atoms with E-state index >= 15 is 0 Å². The zero-order valence-electron chi connectivity index (χ0n) is 11.1. The van der Waals surface area contributed by atoms with Gasteiger partial charge in [-0.2, -0.15) is 0 Å². The van der Waals surface area contributed by atoms with E-state index in [2.05, 4.69) is 31.4 Å². The molecule has 0 amide bonds. The van der Waals surface area contributed by atoms with Gasteiger partial charge in [0.25, 0.3) is 0 Å². The van der Waals surface area contributed by atoms with Gasteiger partial charge in [-0.15, -0.1) is 0 Å². The zero-order chi connectivity index (χ0) is 12.2. The van der Waals surface area contributed by atoms with Crippen molar-refractivity contribution >= 4 is 17.3 Å². The van der Waals surface area contributed by atoms with E-state index in [-0.39, 0.29) is 0 Å². The molecule has 0 heterocycles. The van der Waals surface area contributed by atoms with E-state index in [0.717, 1.165) is 11.7 Å². The number of nitrogens with one attached hydrogen (secondary N) is 2. The van der Waals surface area contributed by atoms with E-state index in [9.17, 15) is 0 Å². The molecule has 96 valence electrons. The van der Waals surface area contributed by atoms with Crippen LogP contribution in [0.4, 0.5) is 0 Å². The Labute approximate surface area is 107 Å². The van der Waals surface area contributed by atoms with Crippen molar-refractivity contribution in [3.05, 3.63) is 0 Å². The fraction of sp³-hybridized carbons (Fsp3) is 0.923. The first kappa shape index (κ1) is 15.7. The van der Waals surface area contributed by atoms with Crippen LogP contribution in [-0.2, 0) is 0 Å².